The Labute approximate surface area is 111 Å². The summed E-state index contributed by atoms with van der Waals surface area (Å²) in [7, 11) is 2.20. The summed E-state index contributed by atoms with van der Waals surface area (Å²) in [6.07, 6.45) is 3.98. The minimum absolute atomic E-state index is 0.498. The van der Waals surface area contributed by atoms with Crippen LogP contribution in [0.2, 0.25) is 0 Å². The van der Waals surface area contributed by atoms with E-state index in [-0.39, 0.29) is 0 Å². The molecule has 0 heterocycles. The summed E-state index contributed by atoms with van der Waals surface area (Å²) in [5.74, 6) is 0.944. The van der Waals surface area contributed by atoms with Gasteiger partial charge in [0.05, 0.1) is 0 Å². The van der Waals surface area contributed by atoms with Crippen LogP contribution in [0.5, 0.6) is 0 Å². The van der Waals surface area contributed by atoms with E-state index in [2.05, 4.69) is 55.4 Å². The van der Waals surface area contributed by atoms with Gasteiger partial charge < -0.3 is 10.2 Å². The lowest BCUT2D eigenvalue weighted by molar-refractivity contribution is 0.537. The molecular weight excluding hydrogens is 220 g/mol. The van der Waals surface area contributed by atoms with Crippen LogP contribution in [0.1, 0.15) is 44.7 Å². The van der Waals surface area contributed by atoms with Crippen molar-refractivity contribution in [2.24, 2.45) is 5.92 Å². The van der Waals surface area contributed by atoms with Crippen molar-refractivity contribution in [3.05, 3.63) is 29.8 Å². The van der Waals surface area contributed by atoms with E-state index < -0.39 is 0 Å². The molecule has 1 aliphatic rings. The predicted molar refractivity (Wildman–Crippen MR) is 79.1 cm³/mol. The van der Waals surface area contributed by atoms with Crippen LogP contribution in [0.3, 0.4) is 0 Å². The fourth-order valence-electron chi connectivity index (χ4n) is 2.50. The molecule has 1 aromatic rings. The Kier molecular flexibility index (Phi) is 4.65. The average molecular weight is 246 g/mol. The van der Waals surface area contributed by atoms with Crippen molar-refractivity contribution in [2.45, 2.75) is 39.2 Å². The number of rotatable bonds is 7. The number of hydrogen-bond acceptors (Lipinski definition) is 2. The fourth-order valence-corrected chi connectivity index (χ4v) is 2.50. The zero-order chi connectivity index (χ0) is 13.0. The van der Waals surface area contributed by atoms with E-state index in [0.29, 0.717) is 6.04 Å². The molecule has 0 amide bonds. The maximum absolute atomic E-state index is 3.53. The van der Waals surface area contributed by atoms with Crippen LogP contribution in [-0.2, 0) is 0 Å². The molecule has 1 aliphatic carbocycles. The largest absolute Gasteiger partial charge is 0.374 e. The Morgan fingerprint density at radius 3 is 2.39 bits per heavy atom. The van der Waals surface area contributed by atoms with Gasteiger partial charge in [-0.2, -0.15) is 0 Å². The SMILES string of the molecule is CCNC(CC)c1ccc(N(C)CC2CC2)cc1. The Morgan fingerprint density at radius 2 is 1.89 bits per heavy atom. The molecule has 0 aromatic heterocycles. The van der Waals surface area contributed by atoms with Crippen LogP contribution < -0.4 is 10.2 Å². The van der Waals surface area contributed by atoms with E-state index >= 15 is 0 Å². The van der Waals surface area contributed by atoms with Crippen LogP contribution in [-0.4, -0.2) is 20.1 Å². The van der Waals surface area contributed by atoms with Crippen molar-refractivity contribution < 1.29 is 0 Å². The summed E-state index contributed by atoms with van der Waals surface area (Å²) in [5.41, 5.74) is 2.75. The summed E-state index contributed by atoms with van der Waals surface area (Å²) in [6, 6.07) is 9.57. The van der Waals surface area contributed by atoms with Crippen molar-refractivity contribution in [3.63, 3.8) is 0 Å². The molecule has 0 bridgehead atoms. The van der Waals surface area contributed by atoms with E-state index in [1.165, 1.54) is 30.6 Å². The summed E-state index contributed by atoms with van der Waals surface area (Å²) in [4.78, 5) is 2.38. The monoisotopic (exact) mass is 246 g/mol. The molecule has 2 heteroatoms. The van der Waals surface area contributed by atoms with Gasteiger partial charge >= 0.3 is 0 Å². The maximum atomic E-state index is 3.53. The zero-order valence-electron chi connectivity index (χ0n) is 11.9. The Balaban J connectivity index is 1.98. The van der Waals surface area contributed by atoms with Crippen molar-refractivity contribution in [2.75, 3.05) is 25.0 Å². The lowest BCUT2D eigenvalue weighted by Crippen LogP contribution is -2.21. The minimum atomic E-state index is 0.498. The Bertz CT molecular complexity index is 354. The first-order chi connectivity index (χ1) is 8.74. The third kappa shape index (κ3) is 3.49. The second-order valence-corrected chi connectivity index (χ2v) is 5.43. The Hall–Kier alpha value is -1.02. The summed E-state index contributed by atoms with van der Waals surface area (Å²) >= 11 is 0. The second-order valence-electron chi connectivity index (χ2n) is 5.43. The molecule has 1 aromatic carbocycles. The molecule has 2 nitrogen and oxygen atoms in total. The van der Waals surface area contributed by atoms with E-state index in [1.807, 2.05) is 0 Å². The quantitative estimate of drug-likeness (QED) is 0.791. The molecule has 2 rings (SSSR count). The van der Waals surface area contributed by atoms with Gasteiger partial charge in [-0.15, -0.1) is 0 Å². The highest BCUT2D eigenvalue weighted by Crippen LogP contribution is 2.31. The van der Waals surface area contributed by atoms with Gasteiger partial charge in [-0.3, -0.25) is 0 Å². The molecule has 0 spiro atoms. The molecule has 18 heavy (non-hydrogen) atoms. The molecule has 100 valence electrons. The first-order valence-corrected chi connectivity index (χ1v) is 7.29. The molecule has 1 atom stereocenters. The van der Waals surface area contributed by atoms with Crippen LogP contribution in [0.4, 0.5) is 5.69 Å². The third-order valence-corrected chi connectivity index (χ3v) is 3.82. The van der Waals surface area contributed by atoms with Crippen molar-refractivity contribution >= 4 is 5.69 Å². The van der Waals surface area contributed by atoms with Crippen LogP contribution in [0.15, 0.2) is 24.3 Å². The van der Waals surface area contributed by atoms with Gasteiger partial charge in [0.25, 0.3) is 0 Å². The van der Waals surface area contributed by atoms with Gasteiger partial charge in [-0.25, -0.2) is 0 Å². The highest BCUT2D eigenvalue weighted by atomic mass is 15.1. The molecule has 1 fully saturated rings. The van der Waals surface area contributed by atoms with Gasteiger partial charge in [0.1, 0.15) is 0 Å². The molecule has 1 N–H and O–H groups in total. The van der Waals surface area contributed by atoms with Crippen LogP contribution in [0.25, 0.3) is 0 Å². The third-order valence-electron chi connectivity index (χ3n) is 3.82. The smallest absolute Gasteiger partial charge is 0.0363 e. The molecule has 0 saturated heterocycles. The Morgan fingerprint density at radius 1 is 1.22 bits per heavy atom. The van der Waals surface area contributed by atoms with Gasteiger partial charge in [0.15, 0.2) is 0 Å². The van der Waals surface area contributed by atoms with Crippen molar-refractivity contribution in [3.8, 4) is 0 Å². The maximum Gasteiger partial charge on any atom is 0.0363 e. The van der Waals surface area contributed by atoms with Gasteiger partial charge in [-0.05, 0) is 49.4 Å². The molecule has 0 aliphatic heterocycles. The zero-order valence-corrected chi connectivity index (χ0v) is 11.9. The highest BCUT2D eigenvalue weighted by molar-refractivity contribution is 5.47. The van der Waals surface area contributed by atoms with E-state index in [0.717, 1.165) is 18.9 Å². The van der Waals surface area contributed by atoms with Crippen LogP contribution in [0, 0.1) is 5.92 Å². The topological polar surface area (TPSA) is 15.3 Å². The number of hydrogen-bond donors (Lipinski definition) is 1. The minimum Gasteiger partial charge on any atom is -0.374 e. The van der Waals surface area contributed by atoms with E-state index in [1.54, 1.807) is 0 Å². The number of nitrogens with one attached hydrogen (secondary N) is 1. The predicted octanol–water partition coefficient (Wildman–Crippen LogP) is 3.59. The van der Waals surface area contributed by atoms with E-state index in [9.17, 15) is 0 Å². The summed E-state index contributed by atoms with van der Waals surface area (Å²) in [6.45, 7) is 6.65. The summed E-state index contributed by atoms with van der Waals surface area (Å²) < 4.78 is 0. The van der Waals surface area contributed by atoms with E-state index in [4.69, 9.17) is 0 Å². The average Bonchev–Trinajstić information content (AvgIpc) is 3.20. The lowest BCUT2D eigenvalue weighted by Gasteiger charge is -2.21. The first kappa shape index (κ1) is 13.4. The van der Waals surface area contributed by atoms with Crippen LogP contribution >= 0.6 is 0 Å². The molecule has 1 saturated carbocycles. The molecular formula is C16H26N2. The molecule has 1 unspecified atom stereocenters. The number of benzene rings is 1. The summed E-state index contributed by atoms with van der Waals surface area (Å²) in [5, 5.41) is 3.53. The lowest BCUT2D eigenvalue weighted by atomic mass is 10.0. The normalized spacial score (nSPS) is 16.6. The number of nitrogens with zero attached hydrogens (tertiary/aromatic N) is 1. The first-order valence-electron chi connectivity index (χ1n) is 7.29. The van der Waals surface area contributed by atoms with Gasteiger partial charge in [0.2, 0.25) is 0 Å². The van der Waals surface area contributed by atoms with Gasteiger partial charge in [0, 0.05) is 25.3 Å². The van der Waals surface area contributed by atoms with Crippen molar-refractivity contribution in [1.29, 1.82) is 0 Å². The fraction of sp³-hybridized carbons (Fsp3) is 0.625. The van der Waals surface area contributed by atoms with Gasteiger partial charge in [-0.1, -0.05) is 26.0 Å². The molecule has 0 radical (unpaired) electrons. The highest BCUT2D eigenvalue weighted by Gasteiger charge is 2.22. The second kappa shape index (κ2) is 6.24. The standard InChI is InChI=1S/C16H26N2/c1-4-16(17-5-2)14-8-10-15(11-9-14)18(3)12-13-6-7-13/h8-11,13,16-17H,4-7,12H2,1-3H3. The number of anilines is 1. The van der Waals surface area contributed by atoms with Crippen molar-refractivity contribution in [1.82, 2.24) is 5.32 Å².